The molecule has 0 bridgehead atoms. The standard InChI is InChI=1S/C52H32N2/c1-3-12-35-29-39(22-20-33(35)10-1)53(41-24-26-44-46-18-9-15-38-28-37-14-5-6-16-43(37)52(51(38)46)48(44)32-41)42-25-27-50-47(31-42)45-17-7-8-19-49(45)54(50)40-23-21-34-11-2-4-13-36(34)30-40/h1-32H. The van der Waals surface area contributed by atoms with Crippen molar-refractivity contribution < 1.29 is 0 Å². The van der Waals surface area contributed by atoms with Gasteiger partial charge in [0.2, 0.25) is 0 Å². The van der Waals surface area contributed by atoms with Gasteiger partial charge in [0.15, 0.2) is 0 Å². The second-order valence-corrected chi connectivity index (χ2v) is 14.6. The van der Waals surface area contributed by atoms with Crippen LogP contribution in [0.3, 0.4) is 0 Å². The van der Waals surface area contributed by atoms with Gasteiger partial charge in [0, 0.05) is 33.5 Å². The van der Waals surface area contributed by atoms with Crippen molar-refractivity contribution in [2.24, 2.45) is 0 Å². The van der Waals surface area contributed by atoms with Crippen molar-refractivity contribution in [3.05, 3.63) is 194 Å². The molecule has 2 heteroatoms. The van der Waals surface area contributed by atoms with Gasteiger partial charge in [0.25, 0.3) is 0 Å². The molecule has 0 aliphatic heterocycles. The molecule has 0 amide bonds. The molecule has 0 saturated carbocycles. The number of benzene rings is 10. The molecule has 11 aromatic rings. The molecule has 0 N–H and O–H groups in total. The van der Waals surface area contributed by atoms with Crippen molar-refractivity contribution >= 4 is 82.0 Å². The Hall–Kier alpha value is -7.16. The van der Waals surface area contributed by atoms with Crippen molar-refractivity contribution in [2.75, 3.05) is 4.90 Å². The van der Waals surface area contributed by atoms with Crippen LogP contribution < -0.4 is 4.90 Å². The fourth-order valence-electron chi connectivity index (χ4n) is 9.20. The van der Waals surface area contributed by atoms with E-state index in [1.165, 1.54) is 92.8 Å². The minimum absolute atomic E-state index is 1.12. The summed E-state index contributed by atoms with van der Waals surface area (Å²) >= 11 is 0. The van der Waals surface area contributed by atoms with E-state index in [9.17, 15) is 0 Å². The fourth-order valence-corrected chi connectivity index (χ4v) is 9.20. The lowest BCUT2D eigenvalue weighted by molar-refractivity contribution is 1.18. The van der Waals surface area contributed by atoms with E-state index < -0.39 is 0 Å². The lowest BCUT2D eigenvalue weighted by Gasteiger charge is -2.27. The van der Waals surface area contributed by atoms with E-state index in [4.69, 9.17) is 0 Å². The first-order valence-corrected chi connectivity index (χ1v) is 18.7. The van der Waals surface area contributed by atoms with Gasteiger partial charge in [-0.1, -0.05) is 127 Å². The first-order valence-electron chi connectivity index (χ1n) is 18.7. The summed E-state index contributed by atoms with van der Waals surface area (Å²) in [5.74, 6) is 0. The molecule has 1 aliphatic carbocycles. The Labute approximate surface area is 312 Å². The van der Waals surface area contributed by atoms with Crippen LogP contribution in [-0.4, -0.2) is 4.57 Å². The number of nitrogens with zero attached hydrogens (tertiary/aromatic N) is 2. The number of para-hydroxylation sites is 1. The van der Waals surface area contributed by atoms with Crippen LogP contribution in [0.1, 0.15) is 0 Å². The molecule has 0 unspecified atom stereocenters. The third-order valence-electron chi connectivity index (χ3n) is 11.6. The summed E-state index contributed by atoms with van der Waals surface area (Å²) in [5.41, 5.74) is 12.2. The van der Waals surface area contributed by atoms with Crippen LogP contribution >= 0.6 is 0 Å². The van der Waals surface area contributed by atoms with E-state index in [0.717, 1.165) is 17.1 Å². The number of hydrogen-bond donors (Lipinski definition) is 0. The molecule has 1 aromatic heterocycles. The van der Waals surface area contributed by atoms with E-state index in [1.54, 1.807) is 0 Å². The smallest absolute Gasteiger partial charge is 0.0542 e. The number of fused-ring (bicyclic) bond motifs is 10. The highest BCUT2D eigenvalue weighted by Gasteiger charge is 2.26. The predicted octanol–water partition coefficient (Wildman–Crippen LogP) is 14.5. The van der Waals surface area contributed by atoms with Crippen LogP contribution in [0.5, 0.6) is 0 Å². The molecule has 12 rings (SSSR count). The van der Waals surface area contributed by atoms with Gasteiger partial charge in [0.1, 0.15) is 0 Å². The van der Waals surface area contributed by atoms with E-state index in [0.29, 0.717) is 0 Å². The largest absolute Gasteiger partial charge is 0.310 e. The molecule has 1 heterocycles. The monoisotopic (exact) mass is 684 g/mol. The first-order chi connectivity index (χ1) is 26.8. The molecule has 0 atom stereocenters. The summed E-state index contributed by atoms with van der Waals surface area (Å²) in [6, 6.07) is 71.7. The van der Waals surface area contributed by atoms with Gasteiger partial charge in [-0.05, 0) is 132 Å². The minimum Gasteiger partial charge on any atom is -0.310 e. The van der Waals surface area contributed by atoms with Gasteiger partial charge in [-0.25, -0.2) is 0 Å². The fraction of sp³-hybridized carbons (Fsp3) is 0. The minimum atomic E-state index is 1.12. The molecule has 0 fully saturated rings. The zero-order valence-electron chi connectivity index (χ0n) is 29.4. The van der Waals surface area contributed by atoms with E-state index >= 15 is 0 Å². The number of aromatic nitrogens is 1. The zero-order chi connectivity index (χ0) is 35.3. The maximum absolute atomic E-state index is 2.44. The van der Waals surface area contributed by atoms with Gasteiger partial charge >= 0.3 is 0 Å². The van der Waals surface area contributed by atoms with Crippen LogP contribution in [0.2, 0.25) is 0 Å². The summed E-state index contributed by atoms with van der Waals surface area (Å²) in [4.78, 5) is 2.44. The van der Waals surface area contributed by atoms with Gasteiger partial charge in [-0.2, -0.15) is 0 Å². The lowest BCUT2D eigenvalue weighted by Crippen LogP contribution is -2.10. The van der Waals surface area contributed by atoms with Crippen LogP contribution in [0.25, 0.3) is 92.8 Å². The van der Waals surface area contributed by atoms with Crippen LogP contribution in [0.15, 0.2) is 194 Å². The Morgan fingerprint density at radius 2 is 0.926 bits per heavy atom. The normalized spacial score (nSPS) is 12.1. The molecular weight excluding hydrogens is 653 g/mol. The third-order valence-corrected chi connectivity index (χ3v) is 11.6. The Bertz CT molecular complexity index is 3350. The van der Waals surface area contributed by atoms with Gasteiger partial charge in [0.05, 0.1) is 11.0 Å². The average Bonchev–Trinajstić information content (AvgIpc) is 3.74. The summed E-state index contributed by atoms with van der Waals surface area (Å²) in [6.07, 6.45) is 0. The van der Waals surface area contributed by atoms with Crippen LogP contribution in [-0.2, 0) is 0 Å². The molecule has 10 aromatic carbocycles. The molecule has 250 valence electrons. The van der Waals surface area contributed by atoms with Crippen LogP contribution in [0, 0.1) is 0 Å². The predicted molar refractivity (Wildman–Crippen MR) is 230 cm³/mol. The first kappa shape index (κ1) is 29.4. The van der Waals surface area contributed by atoms with E-state index in [-0.39, 0.29) is 0 Å². The maximum atomic E-state index is 2.44. The summed E-state index contributed by atoms with van der Waals surface area (Å²) < 4.78 is 2.42. The summed E-state index contributed by atoms with van der Waals surface area (Å²) in [5, 5.41) is 12.6. The highest BCUT2D eigenvalue weighted by atomic mass is 15.1. The quantitative estimate of drug-likeness (QED) is 0.168. The Morgan fingerprint density at radius 1 is 0.315 bits per heavy atom. The summed E-state index contributed by atoms with van der Waals surface area (Å²) in [6.45, 7) is 0. The maximum Gasteiger partial charge on any atom is 0.0542 e. The van der Waals surface area contributed by atoms with Crippen LogP contribution in [0.4, 0.5) is 17.1 Å². The van der Waals surface area contributed by atoms with Gasteiger partial charge < -0.3 is 9.47 Å². The second-order valence-electron chi connectivity index (χ2n) is 14.6. The van der Waals surface area contributed by atoms with Crippen molar-refractivity contribution in [3.63, 3.8) is 0 Å². The van der Waals surface area contributed by atoms with Gasteiger partial charge in [-0.15, -0.1) is 0 Å². The summed E-state index contributed by atoms with van der Waals surface area (Å²) in [7, 11) is 0. The highest BCUT2D eigenvalue weighted by Crippen LogP contribution is 2.52. The third kappa shape index (κ3) is 4.22. The number of anilines is 3. The van der Waals surface area contributed by atoms with E-state index in [1.807, 2.05) is 0 Å². The topological polar surface area (TPSA) is 8.17 Å². The second kappa shape index (κ2) is 11.2. The van der Waals surface area contributed by atoms with Crippen molar-refractivity contribution in [3.8, 4) is 27.9 Å². The number of hydrogen-bond acceptors (Lipinski definition) is 1. The van der Waals surface area contributed by atoms with Gasteiger partial charge in [-0.3, -0.25) is 0 Å². The molecule has 54 heavy (non-hydrogen) atoms. The molecule has 2 nitrogen and oxygen atoms in total. The van der Waals surface area contributed by atoms with E-state index in [2.05, 4.69) is 204 Å². The van der Waals surface area contributed by atoms with Crippen molar-refractivity contribution in [1.82, 2.24) is 4.57 Å². The lowest BCUT2D eigenvalue weighted by atomic mass is 9.95. The molecule has 0 radical (unpaired) electrons. The number of rotatable bonds is 4. The Morgan fingerprint density at radius 3 is 1.78 bits per heavy atom. The van der Waals surface area contributed by atoms with Crippen molar-refractivity contribution in [2.45, 2.75) is 0 Å². The molecule has 0 saturated heterocycles. The zero-order valence-corrected chi connectivity index (χ0v) is 29.4. The average molecular weight is 685 g/mol. The SMILES string of the molecule is c1ccc2cc(N(c3ccc4c(c3)-c3c5ccccc5cc5cccc-4c35)c3ccc4c(c3)c3ccccc3n4-c3ccc4ccccc4c3)ccc2c1. The molecule has 1 aliphatic rings. The van der Waals surface area contributed by atoms with Crippen molar-refractivity contribution in [1.29, 1.82) is 0 Å². The Kier molecular flexibility index (Phi) is 6.09. The molecular formula is C52H32N2. The Balaban J connectivity index is 1.10. The molecule has 0 spiro atoms. The highest BCUT2D eigenvalue weighted by molar-refractivity contribution is 6.24.